The maximum Gasteiger partial charge on any atom is 0.236 e. The monoisotopic (exact) mass is 384 g/mol. The van der Waals surface area contributed by atoms with Crippen LogP contribution in [0.4, 0.5) is 5.13 Å². The second kappa shape index (κ2) is 9.19. The van der Waals surface area contributed by atoms with Gasteiger partial charge in [0, 0.05) is 11.8 Å². The van der Waals surface area contributed by atoms with Crippen molar-refractivity contribution in [2.75, 3.05) is 11.1 Å². The van der Waals surface area contributed by atoms with Crippen LogP contribution < -0.4 is 5.32 Å². The molecule has 0 spiro atoms. The number of amides is 1. The molecule has 2 rings (SSSR count). The first-order valence-corrected chi connectivity index (χ1v) is 10.1. The van der Waals surface area contributed by atoms with Crippen LogP contribution in [0.25, 0.3) is 0 Å². The van der Waals surface area contributed by atoms with E-state index in [0.717, 1.165) is 16.6 Å². The van der Waals surface area contributed by atoms with Gasteiger partial charge in [-0.3, -0.25) is 10.1 Å². The van der Waals surface area contributed by atoms with E-state index in [1.165, 1.54) is 23.1 Å². The molecule has 0 aliphatic rings. The molecule has 7 nitrogen and oxygen atoms in total. The van der Waals surface area contributed by atoms with E-state index in [9.17, 15) is 4.79 Å². The van der Waals surface area contributed by atoms with E-state index < -0.39 is 0 Å². The lowest BCUT2D eigenvalue weighted by Crippen LogP contribution is -2.14. The summed E-state index contributed by atoms with van der Waals surface area (Å²) < 4.78 is 2.78. The fourth-order valence-electron chi connectivity index (χ4n) is 1.66. The number of thioether (sulfide) groups is 2. The van der Waals surface area contributed by atoms with Crippen molar-refractivity contribution in [3.05, 3.63) is 18.5 Å². The van der Waals surface area contributed by atoms with E-state index in [4.69, 9.17) is 0 Å². The third-order valence-corrected chi connectivity index (χ3v) is 6.23. The Kier molecular flexibility index (Phi) is 7.25. The molecule has 0 saturated heterocycles. The van der Waals surface area contributed by atoms with Crippen molar-refractivity contribution in [1.82, 2.24) is 25.0 Å². The molecule has 2 aromatic heterocycles. The van der Waals surface area contributed by atoms with Gasteiger partial charge in [0.1, 0.15) is 5.82 Å². The molecule has 2 aromatic rings. The molecule has 2 heterocycles. The number of carbonyl (C=O) groups excluding carboxylic acids is 1. The van der Waals surface area contributed by atoms with Crippen LogP contribution in [0.15, 0.2) is 22.2 Å². The molecule has 0 radical (unpaired) electrons. The third kappa shape index (κ3) is 5.32. The van der Waals surface area contributed by atoms with Crippen molar-refractivity contribution >= 4 is 45.9 Å². The Hall–Kier alpha value is -1.39. The van der Waals surface area contributed by atoms with Gasteiger partial charge in [0.2, 0.25) is 11.0 Å². The van der Waals surface area contributed by atoms with Crippen molar-refractivity contribution in [1.29, 1.82) is 0 Å². The summed E-state index contributed by atoms with van der Waals surface area (Å²) in [5.74, 6) is 0.901. The summed E-state index contributed by atoms with van der Waals surface area (Å²) in [6, 6.07) is 0. The maximum atomic E-state index is 12.1. The summed E-state index contributed by atoms with van der Waals surface area (Å²) in [5.41, 5.74) is 0. The highest BCUT2D eigenvalue weighted by molar-refractivity contribution is 8.01. The lowest BCUT2D eigenvalue weighted by molar-refractivity contribution is -0.113. The van der Waals surface area contributed by atoms with Crippen LogP contribution in [0.2, 0.25) is 0 Å². The van der Waals surface area contributed by atoms with Crippen molar-refractivity contribution in [2.24, 2.45) is 0 Å². The van der Waals surface area contributed by atoms with E-state index in [0.29, 0.717) is 22.1 Å². The van der Waals surface area contributed by atoms with Gasteiger partial charge in [-0.15, -0.1) is 27.0 Å². The van der Waals surface area contributed by atoms with Gasteiger partial charge in [-0.1, -0.05) is 54.8 Å². The summed E-state index contributed by atoms with van der Waals surface area (Å²) in [5, 5.41) is 20.7. The molecule has 10 heteroatoms. The Balaban J connectivity index is 1.86. The fourth-order valence-corrected chi connectivity index (χ4v) is 4.46. The molecule has 1 atom stereocenters. The summed E-state index contributed by atoms with van der Waals surface area (Å²) in [7, 11) is 0. The Morgan fingerprint density at radius 3 is 2.92 bits per heavy atom. The minimum absolute atomic E-state index is 0.137. The summed E-state index contributed by atoms with van der Waals surface area (Å²) in [6.07, 6.45) is 2.84. The zero-order valence-corrected chi connectivity index (χ0v) is 16.3. The third-order valence-electron chi connectivity index (χ3n) is 3.08. The Morgan fingerprint density at radius 1 is 1.42 bits per heavy atom. The van der Waals surface area contributed by atoms with Crippen LogP contribution in [0.5, 0.6) is 0 Å². The SMILES string of the molecule is C=CCn1c(C)nnc1SCC(=O)Nc1nnc(SC(C)CC)s1. The number of hydrogen-bond acceptors (Lipinski definition) is 8. The Bertz CT molecular complexity index is 698. The second-order valence-corrected chi connectivity index (χ2v) is 8.58. The molecule has 0 saturated carbocycles. The van der Waals surface area contributed by atoms with Gasteiger partial charge >= 0.3 is 0 Å². The van der Waals surface area contributed by atoms with Crippen LogP contribution in [-0.4, -0.2) is 41.9 Å². The van der Waals surface area contributed by atoms with Crippen LogP contribution in [0.1, 0.15) is 26.1 Å². The first kappa shape index (κ1) is 18.9. The molecular formula is C14H20N6OS3. The number of aryl methyl sites for hydroxylation is 1. The van der Waals surface area contributed by atoms with E-state index >= 15 is 0 Å². The molecule has 0 aliphatic heterocycles. The van der Waals surface area contributed by atoms with Gasteiger partial charge in [-0.25, -0.2) is 0 Å². The lowest BCUT2D eigenvalue weighted by atomic mass is 10.4. The van der Waals surface area contributed by atoms with E-state index in [2.05, 4.69) is 46.1 Å². The lowest BCUT2D eigenvalue weighted by Gasteiger charge is -2.05. The first-order valence-electron chi connectivity index (χ1n) is 7.47. The summed E-state index contributed by atoms with van der Waals surface area (Å²) in [6.45, 7) is 10.5. The highest BCUT2D eigenvalue weighted by Gasteiger charge is 2.13. The fraction of sp³-hybridized carbons (Fsp3) is 0.500. The molecule has 1 amide bonds. The van der Waals surface area contributed by atoms with Crippen molar-refractivity contribution in [3.8, 4) is 0 Å². The van der Waals surface area contributed by atoms with E-state index in [1.807, 2.05) is 11.5 Å². The molecule has 130 valence electrons. The normalized spacial score (nSPS) is 12.1. The number of nitrogens with one attached hydrogen (secondary N) is 1. The molecular weight excluding hydrogens is 364 g/mol. The molecule has 0 fully saturated rings. The zero-order chi connectivity index (χ0) is 17.5. The largest absolute Gasteiger partial charge is 0.302 e. The average molecular weight is 385 g/mol. The van der Waals surface area contributed by atoms with Gasteiger partial charge in [-0.2, -0.15) is 0 Å². The topological polar surface area (TPSA) is 85.6 Å². The number of hydrogen-bond donors (Lipinski definition) is 1. The van der Waals surface area contributed by atoms with E-state index in [-0.39, 0.29) is 11.7 Å². The number of carbonyl (C=O) groups is 1. The molecule has 24 heavy (non-hydrogen) atoms. The molecule has 0 bridgehead atoms. The second-order valence-electron chi connectivity index (χ2n) is 4.98. The molecule has 0 aliphatic carbocycles. The minimum Gasteiger partial charge on any atom is -0.302 e. The van der Waals surface area contributed by atoms with Crippen LogP contribution >= 0.6 is 34.9 Å². The molecule has 1 unspecified atom stereocenters. The average Bonchev–Trinajstić information content (AvgIpc) is 3.13. The number of aromatic nitrogens is 5. The minimum atomic E-state index is -0.137. The van der Waals surface area contributed by atoms with Crippen molar-refractivity contribution < 1.29 is 4.79 Å². The van der Waals surface area contributed by atoms with Crippen LogP contribution in [0.3, 0.4) is 0 Å². The Labute approximate surface area is 153 Å². The van der Waals surface area contributed by atoms with Crippen LogP contribution in [0, 0.1) is 6.92 Å². The smallest absolute Gasteiger partial charge is 0.236 e. The summed E-state index contributed by atoms with van der Waals surface area (Å²) in [4.78, 5) is 12.1. The Morgan fingerprint density at radius 2 is 2.21 bits per heavy atom. The zero-order valence-electron chi connectivity index (χ0n) is 13.9. The standard InChI is InChI=1S/C14H20N6OS3/c1-5-7-20-10(4)16-18-13(20)22-8-11(21)15-12-17-19-14(24-12)23-9(3)6-2/h5,9H,1,6-8H2,2-4H3,(H,15,17,21). The predicted octanol–water partition coefficient (Wildman–Crippen LogP) is 3.25. The number of allylic oxidation sites excluding steroid dienone is 1. The first-order chi connectivity index (χ1) is 11.5. The quantitative estimate of drug-likeness (QED) is 0.403. The van der Waals surface area contributed by atoms with Gasteiger partial charge in [0.25, 0.3) is 0 Å². The van der Waals surface area contributed by atoms with Gasteiger partial charge in [0.05, 0.1) is 5.75 Å². The number of rotatable bonds is 9. The van der Waals surface area contributed by atoms with Crippen molar-refractivity contribution in [2.45, 2.75) is 48.5 Å². The highest BCUT2D eigenvalue weighted by atomic mass is 32.2. The highest BCUT2D eigenvalue weighted by Crippen LogP contribution is 2.30. The number of nitrogens with zero attached hydrogens (tertiary/aromatic N) is 5. The van der Waals surface area contributed by atoms with Gasteiger partial charge in [0.15, 0.2) is 9.50 Å². The predicted molar refractivity (Wildman–Crippen MR) is 99.8 cm³/mol. The van der Waals surface area contributed by atoms with Crippen molar-refractivity contribution in [3.63, 3.8) is 0 Å². The molecule has 1 N–H and O–H groups in total. The maximum absolute atomic E-state index is 12.1. The van der Waals surface area contributed by atoms with Gasteiger partial charge < -0.3 is 4.57 Å². The number of anilines is 1. The van der Waals surface area contributed by atoms with Gasteiger partial charge in [-0.05, 0) is 13.3 Å². The molecule has 0 aromatic carbocycles. The van der Waals surface area contributed by atoms with E-state index in [1.54, 1.807) is 17.8 Å². The van der Waals surface area contributed by atoms with Crippen LogP contribution in [-0.2, 0) is 11.3 Å². The summed E-state index contributed by atoms with van der Waals surface area (Å²) >= 11 is 4.40.